The fraction of sp³-hybridized carbons (Fsp3) is 0.167. The van der Waals surface area contributed by atoms with Crippen molar-refractivity contribution in [1.82, 2.24) is 10.2 Å². The molecule has 0 aliphatic heterocycles. The number of carbonyl (C=O) groups is 1. The van der Waals surface area contributed by atoms with Gasteiger partial charge in [-0.05, 0) is 30.7 Å². The highest BCUT2D eigenvalue weighted by molar-refractivity contribution is 6.31. The predicted octanol–water partition coefficient (Wildman–Crippen LogP) is 3.88. The van der Waals surface area contributed by atoms with Gasteiger partial charge in [-0.15, -0.1) is 5.10 Å². The molecule has 0 bridgehead atoms. The highest BCUT2D eigenvalue weighted by Gasteiger charge is 2.16. The van der Waals surface area contributed by atoms with E-state index < -0.39 is 5.91 Å². The molecule has 7 heteroatoms. The minimum Gasteiger partial charge on any atom is -0.496 e. The summed E-state index contributed by atoms with van der Waals surface area (Å²) >= 11 is 5.94. The number of anilines is 1. The molecule has 0 aliphatic rings. The highest BCUT2D eigenvalue weighted by atomic mass is 35.5. The zero-order valence-corrected chi connectivity index (χ0v) is 14.5. The molecule has 6 nitrogen and oxygen atoms in total. The monoisotopic (exact) mass is 357 g/mol. The standard InChI is InChI=1S/C18H16ClN3O3/c1-11-3-5-12(6-4-11)9-16-21-22-18(25-16)20-17(23)14-10-13(19)7-8-15(14)24-2/h3-8,10H,9H2,1-2H3,(H,20,22,23). The third kappa shape index (κ3) is 4.16. The minimum absolute atomic E-state index is 0.0224. The van der Waals surface area contributed by atoms with Gasteiger partial charge in [0.25, 0.3) is 5.91 Å². The van der Waals surface area contributed by atoms with E-state index in [1.54, 1.807) is 12.1 Å². The number of ether oxygens (including phenoxy) is 1. The van der Waals surface area contributed by atoms with E-state index in [0.29, 0.717) is 23.1 Å². The number of hydrogen-bond donors (Lipinski definition) is 1. The second kappa shape index (κ2) is 7.36. The van der Waals surface area contributed by atoms with Crippen LogP contribution in [0.25, 0.3) is 0 Å². The Kier molecular flexibility index (Phi) is 5.00. The predicted molar refractivity (Wildman–Crippen MR) is 94.2 cm³/mol. The van der Waals surface area contributed by atoms with Crippen LogP contribution in [0.4, 0.5) is 6.01 Å². The Morgan fingerprint density at radius 2 is 1.96 bits per heavy atom. The fourth-order valence-corrected chi connectivity index (χ4v) is 2.45. The van der Waals surface area contributed by atoms with Crippen molar-refractivity contribution >= 4 is 23.5 Å². The van der Waals surface area contributed by atoms with Gasteiger partial charge in [0.15, 0.2) is 0 Å². The lowest BCUT2D eigenvalue weighted by atomic mass is 10.1. The van der Waals surface area contributed by atoms with E-state index in [-0.39, 0.29) is 11.6 Å². The molecule has 0 spiro atoms. The number of benzene rings is 2. The lowest BCUT2D eigenvalue weighted by Crippen LogP contribution is -2.13. The largest absolute Gasteiger partial charge is 0.496 e. The molecular weight excluding hydrogens is 342 g/mol. The fourth-order valence-electron chi connectivity index (χ4n) is 2.28. The van der Waals surface area contributed by atoms with Gasteiger partial charge in [-0.2, -0.15) is 0 Å². The second-order valence-corrected chi connectivity index (χ2v) is 5.90. The summed E-state index contributed by atoms with van der Waals surface area (Å²) < 4.78 is 10.7. The molecule has 0 unspecified atom stereocenters. The van der Waals surface area contributed by atoms with Crippen molar-refractivity contribution in [3.63, 3.8) is 0 Å². The van der Waals surface area contributed by atoms with Crippen LogP contribution >= 0.6 is 11.6 Å². The van der Waals surface area contributed by atoms with E-state index in [0.717, 1.165) is 5.56 Å². The van der Waals surface area contributed by atoms with Gasteiger partial charge < -0.3 is 9.15 Å². The zero-order valence-electron chi connectivity index (χ0n) is 13.7. The van der Waals surface area contributed by atoms with E-state index in [1.165, 1.54) is 18.7 Å². The highest BCUT2D eigenvalue weighted by Crippen LogP contribution is 2.23. The molecule has 3 aromatic rings. The van der Waals surface area contributed by atoms with Gasteiger partial charge in [0, 0.05) is 5.02 Å². The first-order valence-corrected chi connectivity index (χ1v) is 7.96. The third-order valence-electron chi connectivity index (χ3n) is 3.57. The minimum atomic E-state index is -0.440. The molecule has 1 heterocycles. The van der Waals surface area contributed by atoms with Crippen molar-refractivity contribution in [3.8, 4) is 5.75 Å². The quantitative estimate of drug-likeness (QED) is 0.749. The van der Waals surface area contributed by atoms with Crippen molar-refractivity contribution in [1.29, 1.82) is 0 Å². The van der Waals surface area contributed by atoms with E-state index >= 15 is 0 Å². The summed E-state index contributed by atoms with van der Waals surface area (Å²) in [6.07, 6.45) is 0.490. The van der Waals surface area contributed by atoms with Crippen LogP contribution in [0.15, 0.2) is 46.9 Å². The number of aryl methyl sites for hydroxylation is 1. The number of carbonyl (C=O) groups excluding carboxylic acids is 1. The molecule has 0 saturated heterocycles. The lowest BCUT2D eigenvalue weighted by Gasteiger charge is -2.07. The molecule has 0 radical (unpaired) electrons. The number of nitrogens with one attached hydrogen (secondary N) is 1. The van der Waals surface area contributed by atoms with Crippen LogP contribution < -0.4 is 10.1 Å². The number of hydrogen-bond acceptors (Lipinski definition) is 5. The van der Waals surface area contributed by atoms with Gasteiger partial charge in [-0.3, -0.25) is 10.1 Å². The first-order valence-electron chi connectivity index (χ1n) is 7.58. The third-order valence-corrected chi connectivity index (χ3v) is 3.80. The van der Waals surface area contributed by atoms with Gasteiger partial charge in [-0.25, -0.2) is 0 Å². The van der Waals surface area contributed by atoms with Crippen molar-refractivity contribution in [2.75, 3.05) is 12.4 Å². The van der Waals surface area contributed by atoms with Crippen LogP contribution in [0.5, 0.6) is 5.75 Å². The normalized spacial score (nSPS) is 10.5. The summed E-state index contributed by atoms with van der Waals surface area (Å²) in [7, 11) is 1.48. The summed E-state index contributed by atoms with van der Waals surface area (Å²) in [5, 5.41) is 10.8. The van der Waals surface area contributed by atoms with Gasteiger partial charge in [0.1, 0.15) is 5.75 Å². The Bertz CT molecular complexity index is 891. The van der Waals surface area contributed by atoms with Crippen LogP contribution in [-0.4, -0.2) is 23.2 Å². The van der Waals surface area contributed by atoms with Crippen LogP contribution in [0.3, 0.4) is 0 Å². The lowest BCUT2D eigenvalue weighted by molar-refractivity contribution is 0.102. The van der Waals surface area contributed by atoms with Crippen molar-refractivity contribution in [2.45, 2.75) is 13.3 Å². The van der Waals surface area contributed by atoms with Gasteiger partial charge in [0.2, 0.25) is 5.89 Å². The van der Waals surface area contributed by atoms with Crippen LogP contribution in [0.2, 0.25) is 5.02 Å². The maximum atomic E-state index is 12.4. The average Bonchev–Trinajstić information content (AvgIpc) is 3.03. The molecule has 0 fully saturated rings. The van der Waals surface area contributed by atoms with E-state index in [9.17, 15) is 4.79 Å². The van der Waals surface area contributed by atoms with Crippen LogP contribution in [0, 0.1) is 6.92 Å². The summed E-state index contributed by atoms with van der Waals surface area (Å²) in [6.45, 7) is 2.02. The Hall–Kier alpha value is -2.86. The first kappa shape index (κ1) is 17.0. The number of halogens is 1. The maximum Gasteiger partial charge on any atom is 0.322 e. The summed E-state index contributed by atoms with van der Waals surface area (Å²) in [6, 6.07) is 12.8. The van der Waals surface area contributed by atoms with Gasteiger partial charge in [-0.1, -0.05) is 46.5 Å². The number of nitrogens with zero attached hydrogens (tertiary/aromatic N) is 2. The average molecular weight is 358 g/mol. The summed E-state index contributed by atoms with van der Waals surface area (Å²) in [5.41, 5.74) is 2.51. The molecule has 2 aromatic carbocycles. The topological polar surface area (TPSA) is 77.2 Å². The summed E-state index contributed by atoms with van der Waals surface area (Å²) in [5.74, 6) is 0.378. The second-order valence-electron chi connectivity index (χ2n) is 5.46. The molecular formula is C18H16ClN3O3. The molecule has 1 aromatic heterocycles. The molecule has 0 atom stereocenters. The van der Waals surface area contributed by atoms with Crippen molar-refractivity contribution < 1.29 is 13.9 Å². The van der Waals surface area contributed by atoms with Gasteiger partial charge >= 0.3 is 6.01 Å². The maximum absolute atomic E-state index is 12.4. The van der Waals surface area contributed by atoms with Crippen LogP contribution in [0.1, 0.15) is 27.4 Å². The van der Waals surface area contributed by atoms with E-state index in [2.05, 4.69) is 15.5 Å². The number of aromatic nitrogens is 2. The van der Waals surface area contributed by atoms with E-state index in [4.69, 9.17) is 20.8 Å². The Balaban J connectivity index is 1.72. The Morgan fingerprint density at radius 1 is 1.20 bits per heavy atom. The number of rotatable bonds is 5. The van der Waals surface area contributed by atoms with Crippen molar-refractivity contribution in [2.24, 2.45) is 0 Å². The molecule has 0 aliphatic carbocycles. The Labute approximate surface area is 149 Å². The molecule has 1 amide bonds. The van der Waals surface area contributed by atoms with Crippen molar-refractivity contribution in [3.05, 3.63) is 70.1 Å². The first-order chi connectivity index (χ1) is 12.0. The molecule has 3 rings (SSSR count). The zero-order chi connectivity index (χ0) is 17.8. The SMILES string of the molecule is COc1ccc(Cl)cc1C(=O)Nc1nnc(Cc2ccc(C)cc2)o1. The Morgan fingerprint density at radius 3 is 2.68 bits per heavy atom. The molecule has 25 heavy (non-hydrogen) atoms. The van der Waals surface area contributed by atoms with Gasteiger partial charge in [0.05, 0.1) is 19.1 Å². The smallest absolute Gasteiger partial charge is 0.322 e. The summed E-state index contributed by atoms with van der Waals surface area (Å²) in [4.78, 5) is 12.4. The van der Waals surface area contributed by atoms with Crippen LogP contribution in [-0.2, 0) is 6.42 Å². The van der Waals surface area contributed by atoms with E-state index in [1.807, 2.05) is 31.2 Å². The molecule has 128 valence electrons. The molecule has 0 saturated carbocycles. The number of amides is 1. The number of methoxy groups -OCH3 is 1. The molecule has 1 N–H and O–H groups in total.